The maximum absolute atomic E-state index is 13.2. The number of rotatable bonds is 3. The summed E-state index contributed by atoms with van der Waals surface area (Å²) in [5, 5.41) is 0. The molecule has 0 saturated carbocycles. The molecule has 4 nitrogen and oxygen atoms in total. The van der Waals surface area contributed by atoms with Crippen LogP contribution in [0.1, 0.15) is 34.9 Å². The molecule has 0 bridgehead atoms. The predicted molar refractivity (Wildman–Crippen MR) is 98.1 cm³/mol. The van der Waals surface area contributed by atoms with E-state index in [9.17, 15) is 4.79 Å². The molecular weight excluding hydrogens is 310 g/mol. The van der Waals surface area contributed by atoms with Gasteiger partial charge in [0.2, 0.25) is 0 Å². The minimum atomic E-state index is 0.101. The van der Waals surface area contributed by atoms with E-state index in [1.165, 1.54) is 5.56 Å². The van der Waals surface area contributed by atoms with Crippen LogP contribution in [0.25, 0.3) is 11.3 Å². The van der Waals surface area contributed by atoms with Gasteiger partial charge in [-0.1, -0.05) is 30.3 Å². The first kappa shape index (κ1) is 15.6. The molecule has 1 unspecified atom stereocenters. The van der Waals surface area contributed by atoms with Crippen LogP contribution < -0.4 is 0 Å². The molecule has 1 aliphatic heterocycles. The molecule has 4 heteroatoms. The first-order valence-corrected chi connectivity index (χ1v) is 8.68. The number of nitrogens with zero attached hydrogens (tertiary/aromatic N) is 3. The van der Waals surface area contributed by atoms with E-state index in [-0.39, 0.29) is 11.9 Å². The number of likely N-dealkylation sites (tertiary alicyclic amines) is 1. The molecule has 1 atom stereocenters. The zero-order valence-corrected chi connectivity index (χ0v) is 14.3. The van der Waals surface area contributed by atoms with Crippen LogP contribution in [0.5, 0.6) is 0 Å². The van der Waals surface area contributed by atoms with Crippen LogP contribution in [0.3, 0.4) is 0 Å². The maximum atomic E-state index is 13.2. The van der Waals surface area contributed by atoms with Crippen molar-refractivity contribution in [2.75, 3.05) is 6.54 Å². The zero-order chi connectivity index (χ0) is 17.2. The van der Waals surface area contributed by atoms with Gasteiger partial charge in [-0.25, -0.2) is 0 Å². The Hall–Kier alpha value is -2.88. The SMILES string of the molecule is Cn1c(C(=O)N2CCCC2c2ccncc2)ccc1-c1ccccc1. The molecule has 1 saturated heterocycles. The lowest BCUT2D eigenvalue weighted by atomic mass is 10.1. The smallest absolute Gasteiger partial charge is 0.270 e. The van der Waals surface area contributed by atoms with Crippen LogP contribution in [-0.4, -0.2) is 26.9 Å². The van der Waals surface area contributed by atoms with E-state index < -0.39 is 0 Å². The number of hydrogen-bond donors (Lipinski definition) is 0. The van der Waals surface area contributed by atoms with E-state index in [4.69, 9.17) is 0 Å². The van der Waals surface area contributed by atoms with E-state index in [0.29, 0.717) is 0 Å². The summed E-state index contributed by atoms with van der Waals surface area (Å²) in [5.41, 5.74) is 4.08. The van der Waals surface area contributed by atoms with Crippen LogP contribution >= 0.6 is 0 Å². The highest BCUT2D eigenvalue weighted by Crippen LogP contribution is 2.33. The Kier molecular flexibility index (Phi) is 4.10. The minimum absolute atomic E-state index is 0.101. The largest absolute Gasteiger partial charge is 0.340 e. The average Bonchev–Trinajstić information content (AvgIpc) is 3.29. The molecule has 0 spiro atoms. The Labute approximate surface area is 147 Å². The van der Waals surface area contributed by atoms with E-state index in [1.807, 2.05) is 59.0 Å². The number of benzene rings is 1. The minimum Gasteiger partial charge on any atom is -0.340 e. The third kappa shape index (κ3) is 2.84. The summed E-state index contributed by atoms with van der Waals surface area (Å²) in [7, 11) is 1.97. The van der Waals surface area contributed by atoms with Gasteiger partial charge >= 0.3 is 0 Å². The third-order valence-corrected chi connectivity index (χ3v) is 5.01. The molecule has 25 heavy (non-hydrogen) atoms. The Morgan fingerprint density at radius 1 is 1.04 bits per heavy atom. The second-order valence-electron chi connectivity index (χ2n) is 6.47. The predicted octanol–water partition coefficient (Wildman–Crippen LogP) is 4.06. The van der Waals surface area contributed by atoms with Crippen molar-refractivity contribution in [3.05, 3.63) is 78.2 Å². The van der Waals surface area contributed by atoms with Crippen LogP contribution in [0.4, 0.5) is 0 Å². The summed E-state index contributed by atoms with van der Waals surface area (Å²) in [4.78, 5) is 19.3. The second-order valence-corrected chi connectivity index (χ2v) is 6.47. The molecule has 2 aromatic heterocycles. The zero-order valence-electron chi connectivity index (χ0n) is 14.3. The summed E-state index contributed by atoms with van der Waals surface area (Å²) < 4.78 is 2.00. The van der Waals surface area contributed by atoms with Crippen molar-refractivity contribution >= 4 is 5.91 Å². The number of pyridine rings is 1. The van der Waals surface area contributed by atoms with Gasteiger partial charge in [-0.05, 0) is 48.2 Å². The monoisotopic (exact) mass is 331 g/mol. The first-order chi connectivity index (χ1) is 12.3. The van der Waals surface area contributed by atoms with Gasteiger partial charge in [0.15, 0.2) is 0 Å². The van der Waals surface area contributed by atoms with Crippen molar-refractivity contribution in [2.45, 2.75) is 18.9 Å². The molecule has 0 aliphatic carbocycles. The highest BCUT2D eigenvalue weighted by molar-refractivity contribution is 5.94. The van der Waals surface area contributed by atoms with Crippen molar-refractivity contribution < 1.29 is 4.79 Å². The van der Waals surface area contributed by atoms with E-state index in [0.717, 1.165) is 36.3 Å². The summed E-state index contributed by atoms with van der Waals surface area (Å²) in [6.07, 6.45) is 5.64. The van der Waals surface area contributed by atoms with Gasteiger partial charge in [0, 0.05) is 31.7 Å². The Morgan fingerprint density at radius 3 is 2.56 bits per heavy atom. The van der Waals surface area contributed by atoms with Crippen molar-refractivity contribution in [1.29, 1.82) is 0 Å². The number of carbonyl (C=O) groups excluding carboxylic acids is 1. The summed E-state index contributed by atoms with van der Waals surface area (Å²) >= 11 is 0. The molecule has 1 amide bonds. The molecular formula is C21H21N3O. The van der Waals surface area contributed by atoms with E-state index >= 15 is 0 Å². The quantitative estimate of drug-likeness (QED) is 0.726. The summed E-state index contributed by atoms with van der Waals surface area (Å²) in [6.45, 7) is 0.803. The standard InChI is InChI=1S/C21H21N3O/c1-23-18(16-6-3-2-4-7-16)9-10-20(23)21(25)24-15-5-8-19(24)17-11-13-22-14-12-17/h2-4,6-7,9-14,19H,5,8,15H2,1H3. The molecule has 3 heterocycles. The van der Waals surface area contributed by atoms with Crippen LogP contribution in [0.15, 0.2) is 67.0 Å². The first-order valence-electron chi connectivity index (χ1n) is 8.68. The highest BCUT2D eigenvalue weighted by atomic mass is 16.2. The summed E-state index contributed by atoms with van der Waals surface area (Å²) in [5.74, 6) is 0.101. The topological polar surface area (TPSA) is 38.1 Å². The molecule has 126 valence electrons. The summed E-state index contributed by atoms with van der Waals surface area (Å²) in [6, 6.07) is 18.3. The second kappa shape index (κ2) is 6.55. The van der Waals surface area contributed by atoms with Crippen LogP contribution in [-0.2, 0) is 7.05 Å². The van der Waals surface area contributed by atoms with Crippen molar-refractivity contribution in [3.8, 4) is 11.3 Å². The lowest BCUT2D eigenvalue weighted by Crippen LogP contribution is -2.31. The fourth-order valence-electron chi connectivity index (χ4n) is 3.71. The van der Waals surface area contributed by atoms with Crippen LogP contribution in [0, 0.1) is 0 Å². The highest BCUT2D eigenvalue weighted by Gasteiger charge is 2.31. The van der Waals surface area contributed by atoms with Gasteiger partial charge in [-0.3, -0.25) is 9.78 Å². The molecule has 4 rings (SSSR count). The lowest BCUT2D eigenvalue weighted by molar-refractivity contribution is 0.0726. The Balaban J connectivity index is 1.64. The third-order valence-electron chi connectivity index (χ3n) is 5.01. The molecule has 3 aromatic rings. The van der Waals surface area contributed by atoms with Crippen LogP contribution in [0.2, 0.25) is 0 Å². The number of hydrogen-bond acceptors (Lipinski definition) is 2. The van der Waals surface area contributed by atoms with Gasteiger partial charge in [0.05, 0.1) is 6.04 Å². The number of carbonyl (C=O) groups is 1. The number of aromatic nitrogens is 2. The molecule has 0 N–H and O–H groups in total. The maximum Gasteiger partial charge on any atom is 0.270 e. The van der Waals surface area contributed by atoms with E-state index in [2.05, 4.69) is 17.1 Å². The average molecular weight is 331 g/mol. The van der Waals surface area contributed by atoms with Gasteiger partial charge < -0.3 is 9.47 Å². The lowest BCUT2D eigenvalue weighted by Gasteiger charge is -2.25. The van der Waals surface area contributed by atoms with Crippen molar-refractivity contribution in [1.82, 2.24) is 14.5 Å². The fourth-order valence-corrected chi connectivity index (χ4v) is 3.71. The van der Waals surface area contributed by atoms with Gasteiger partial charge in [-0.2, -0.15) is 0 Å². The van der Waals surface area contributed by atoms with Gasteiger partial charge in [0.25, 0.3) is 5.91 Å². The number of amides is 1. The van der Waals surface area contributed by atoms with Gasteiger partial charge in [-0.15, -0.1) is 0 Å². The molecule has 1 aromatic carbocycles. The van der Waals surface area contributed by atoms with Crippen molar-refractivity contribution in [3.63, 3.8) is 0 Å². The molecule has 0 radical (unpaired) electrons. The Morgan fingerprint density at radius 2 is 1.80 bits per heavy atom. The Bertz CT molecular complexity index is 871. The molecule has 1 aliphatic rings. The van der Waals surface area contributed by atoms with Gasteiger partial charge in [0.1, 0.15) is 5.69 Å². The van der Waals surface area contributed by atoms with Crippen molar-refractivity contribution in [2.24, 2.45) is 7.05 Å². The fraction of sp³-hybridized carbons (Fsp3) is 0.238. The van der Waals surface area contributed by atoms with E-state index in [1.54, 1.807) is 12.4 Å². The molecule has 1 fully saturated rings. The normalized spacial score (nSPS) is 17.0.